The summed E-state index contributed by atoms with van der Waals surface area (Å²) in [5, 5.41) is 0. The Bertz CT molecular complexity index is 649. The molecule has 0 saturated heterocycles. The van der Waals surface area contributed by atoms with Crippen LogP contribution in [0.3, 0.4) is 0 Å². The summed E-state index contributed by atoms with van der Waals surface area (Å²) in [5.74, 6) is 0.351. The standard InChI is InChI=1S/C19H14/c1-3-7-14(8-4-1)19(15-9-5-2-6-10-15)18-12-16-11-17(16)13-18/h1-13,19H. The van der Waals surface area contributed by atoms with Gasteiger partial charge >= 0.3 is 0 Å². The van der Waals surface area contributed by atoms with Crippen molar-refractivity contribution in [2.45, 2.75) is 5.92 Å². The summed E-state index contributed by atoms with van der Waals surface area (Å²) in [6.45, 7) is 0. The fourth-order valence-electron chi connectivity index (χ4n) is 2.82. The Morgan fingerprint density at radius 3 is 1.42 bits per heavy atom. The van der Waals surface area contributed by atoms with Gasteiger partial charge in [0.2, 0.25) is 0 Å². The van der Waals surface area contributed by atoms with Crippen LogP contribution >= 0.6 is 0 Å². The van der Waals surface area contributed by atoms with Crippen LogP contribution < -0.4 is 0 Å². The lowest BCUT2D eigenvalue weighted by molar-refractivity contribution is 0.984. The van der Waals surface area contributed by atoms with Crippen LogP contribution in [-0.2, 0) is 0 Å². The van der Waals surface area contributed by atoms with Crippen molar-refractivity contribution in [2.24, 2.45) is 0 Å². The van der Waals surface area contributed by atoms with E-state index < -0.39 is 0 Å². The smallest absolute Gasteiger partial charge is 0.0340 e. The van der Waals surface area contributed by atoms with Crippen molar-refractivity contribution < 1.29 is 0 Å². The first kappa shape index (κ1) is 10.6. The van der Waals surface area contributed by atoms with E-state index in [1.54, 1.807) is 0 Å². The quantitative estimate of drug-likeness (QED) is 0.451. The molecule has 0 atom stereocenters. The molecule has 0 amide bonds. The second-order valence-electron chi connectivity index (χ2n) is 5.10. The molecule has 0 aliphatic heterocycles. The van der Waals surface area contributed by atoms with Crippen LogP contribution in [0.25, 0.3) is 11.1 Å². The lowest BCUT2D eigenvalue weighted by Gasteiger charge is -2.17. The molecule has 0 nitrogen and oxygen atoms in total. The van der Waals surface area contributed by atoms with Crippen molar-refractivity contribution >= 4 is 0 Å². The summed E-state index contributed by atoms with van der Waals surface area (Å²) in [7, 11) is 0. The molecule has 0 unspecified atom stereocenters. The van der Waals surface area contributed by atoms with Gasteiger partial charge in [0.1, 0.15) is 0 Å². The molecule has 0 N–H and O–H groups in total. The van der Waals surface area contributed by atoms with Crippen LogP contribution in [0.1, 0.15) is 22.6 Å². The highest BCUT2D eigenvalue weighted by atomic mass is 14.3. The maximum absolute atomic E-state index is 2.32. The predicted octanol–water partition coefficient (Wildman–Crippen LogP) is 4.85. The Balaban J connectivity index is 1.85. The molecule has 2 aromatic carbocycles. The lowest BCUT2D eigenvalue weighted by atomic mass is 9.86. The van der Waals surface area contributed by atoms with E-state index in [-0.39, 0.29) is 0 Å². The number of rotatable bonds is 3. The van der Waals surface area contributed by atoms with E-state index in [0.717, 1.165) is 0 Å². The van der Waals surface area contributed by atoms with Crippen LogP contribution in [0.5, 0.6) is 0 Å². The maximum atomic E-state index is 2.32. The molecule has 2 aliphatic rings. The second kappa shape index (κ2) is 4.10. The van der Waals surface area contributed by atoms with Gasteiger partial charge in [0, 0.05) is 5.92 Å². The van der Waals surface area contributed by atoms with Crippen molar-refractivity contribution in [3.8, 4) is 11.1 Å². The summed E-state index contributed by atoms with van der Waals surface area (Å²) in [6.07, 6.45) is 0. The Kier molecular flexibility index (Phi) is 2.28. The van der Waals surface area contributed by atoms with Crippen molar-refractivity contribution in [1.29, 1.82) is 0 Å². The molecule has 0 fully saturated rings. The third-order valence-corrected chi connectivity index (χ3v) is 3.80. The zero-order valence-corrected chi connectivity index (χ0v) is 10.6. The highest BCUT2D eigenvalue weighted by Gasteiger charge is 2.22. The molecule has 0 saturated carbocycles. The van der Waals surface area contributed by atoms with Gasteiger partial charge in [-0.05, 0) is 33.9 Å². The molecular formula is C19H14. The van der Waals surface area contributed by atoms with Crippen LogP contribution in [-0.4, -0.2) is 0 Å². The first-order valence-electron chi connectivity index (χ1n) is 6.67. The van der Waals surface area contributed by atoms with Crippen LogP contribution in [0, 0.1) is 0 Å². The van der Waals surface area contributed by atoms with Crippen LogP contribution in [0.15, 0.2) is 78.9 Å². The van der Waals surface area contributed by atoms with Gasteiger partial charge in [-0.2, -0.15) is 0 Å². The zero-order valence-electron chi connectivity index (χ0n) is 10.6. The van der Waals surface area contributed by atoms with Gasteiger partial charge in [-0.25, -0.2) is 0 Å². The first-order valence-corrected chi connectivity index (χ1v) is 6.67. The number of hydrogen-bond donors (Lipinski definition) is 0. The van der Waals surface area contributed by atoms with E-state index in [1.165, 1.54) is 27.8 Å². The minimum absolute atomic E-state index is 0.351. The summed E-state index contributed by atoms with van der Waals surface area (Å²) < 4.78 is 0. The monoisotopic (exact) mass is 242 g/mol. The average molecular weight is 242 g/mol. The fourth-order valence-corrected chi connectivity index (χ4v) is 2.82. The molecule has 19 heavy (non-hydrogen) atoms. The summed E-state index contributed by atoms with van der Waals surface area (Å²) in [6, 6.07) is 28.4. The van der Waals surface area contributed by atoms with Crippen LogP contribution in [0.2, 0.25) is 0 Å². The van der Waals surface area contributed by atoms with E-state index in [1.807, 2.05) is 0 Å². The highest BCUT2D eigenvalue weighted by molar-refractivity contribution is 5.83. The first-order chi connectivity index (χ1) is 9.42. The molecule has 90 valence electrons. The van der Waals surface area contributed by atoms with Gasteiger partial charge in [-0.15, -0.1) is 0 Å². The summed E-state index contributed by atoms with van der Waals surface area (Å²) in [5.41, 5.74) is 6.95. The Morgan fingerprint density at radius 1 is 0.474 bits per heavy atom. The van der Waals surface area contributed by atoms with Gasteiger partial charge in [-0.3, -0.25) is 0 Å². The molecule has 2 aliphatic carbocycles. The predicted molar refractivity (Wildman–Crippen MR) is 79.3 cm³/mol. The number of fused-ring (bicyclic) bond motifs is 1. The molecular weight excluding hydrogens is 228 g/mol. The Hall–Kier alpha value is -2.34. The molecule has 0 aromatic heterocycles. The van der Waals surface area contributed by atoms with E-state index >= 15 is 0 Å². The normalized spacial score (nSPS) is 11.6. The van der Waals surface area contributed by atoms with E-state index in [4.69, 9.17) is 0 Å². The molecule has 0 spiro atoms. The molecule has 0 radical (unpaired) electrons. The van der Waals surface area contributed by atoms with Crippen LogP contribution in [0.4, 0.5) is 0 Å². The SMILES string of the molecule is c1ccc(C(c2ccccc2)c2cc3cc-3c2)cc1. The number of hydrogen-bond acceptors (Lipinski definition) is 0. The van der Waals surface area contributed by atoms with Crippen molar-refractivity contribution in [1.82, 2.24) is 0 Å². The fraction of sp³-hybridized carbons (Fsp3) is 0.0526. The molecule has 4 rings (SSSR count). The van der Waals surface area contributed by atoms with Gasteiger partial charge in [0.15, 0.2) is 0 Å². The van der Waals surface area contributed by atoms with Gasteiger partial charge in [-0.1, -0.05) is 72.8 Å². The molecule has 0 heteroatoms. The summed E-state index contributed by atoms with van der Waals surface area (Å²) >= 11 is 0. The van der Waals surface area contributed by atoms with E-state index in [2.05, 4.69) is 78.9 Å². The average Bonchev–Trinajstić information content (AvgIpc) is 3.08. The minimum atomic E-state index is 0.351. The third-order valence-electron chi connectivity index (χ3n) is 3.80. The highest BCUT2D eigenvalue weighted by Crippen LogP contribution is 2.42. The largest absolute Gasteiger partial charge is 0.0622 e. The zero-order chi connectivity index (χ0) is 12.7. The van der Waals surface area contributed by atoms with E-state index in [0.29, 0.717) is 5.92 Å². The lowest BCUT2D eigenvalue weighted by Crippen LogP contribution is -2.01. The topological polar surface area (TPSA) is 0 Å². The minimum Gasteiger partial charge on any atom is -0.0622 e. The Labute approximate surface area is 113 Å². The molecule has 0 heterocycles. The maximum Gasteiger partial charge on any atom is 0.0340 e. The second-order valence-corrected chi connectivity index (χ2v) is 5.10. The Morgan fingerprint density at radius 2 is 0.947 bits per heavy atom. The van der Waals surface area contributed by atoms with Gasteiger partial charge < -0.3 is 0 Å². The summed E-state index contributed by atoms with van der Waals surface area (Å²) in [4.78, 5) is 0. The van der Waals surface area contributed by atoms with Gasteiger partial charge in [0.05, 0.1) is 0 Å². The van der Waals surface area contributed by atoms with Crippen molar-refractivity contribution in [2.75, 3.05) is 0 Å². The third kappa shape index (κ3) is 1.86. The van der Waals surface area contributed by atoms with Crippen molar-refractivity contribution in [3.05, 3.63) is 95.6 Å². The molecule has 2 aromatic rings. The number of benzene rings is 3. The van der Waals surface area contributed by atoms with Gasteiger partial charge in [0.25, 0.3) is 0 Å². The molecule has 0 bridgehead atoms. The van der Waals surface area contributed by atoms with E-state index in [9.17, 15) is 0 Å². The van der Waals surface area contributed by atoms with Crippen molar-refractivity contribution in [3.63, 3.8) is 0 Å².